The van der Waals surface area contributed by atoms with Crippen LogP contribution in [0.25, 0.3) is 37.6 Å². The quantitative estimate of drug-likeness (QED) is 0.303. The Kier molecular flexibility index (Phi) is 4.27. The summed E-state index contributed by atoms with van der Waals surface area (Å²) in [6.45, 7) is 2.15. The average Bonchev–Trinajstić information content (AvgIpc) is 3.14. The zero-order valence-corrected chi connectivity index (χ0v) is 16.5. The Morgan fingerprint density at radius 1 is 0.607 bits per heavy atom. The van der Waals surface area contributed by atoms with Crippen molar-refractivity contribution in [3.8, 4) is 27.4 Å². The van der Waals surface area contributed by atoms with Gasteiger partial charge >= 0.3 is 0 Å². The minimum absolute atomic E-state index is 1.19. The van der Waals surface area contributed by atoms with Gasteiger partial charge in [0.15, 0.2) is 0 Å². The van der Waals surface area contributed by atoms with Crippen LogP contribution in [-0.4, -0.2) is 0 Å². The van der Waals surface area contributed by atoms with Gasteiger partial charge in [-0.3, -0.25) is 0 Å². The van der Waals surface area contributed by atoms with Crippen molar-refractivity contribution >= 4 is 21.6 Å². The molecule has 0 bridgehead atoms. The second-order valence-electron chi connectivity index (χ2n) is 6.99. The van der Waals surface area contributed by atoms with Crippen molar-refractivity contribution in [3.63, 3.8) is 0 Å². The predicted molar refractivity (Wildman–Crippen MR) is 119 cm³/mol. The number of rotatable bonds is 3. The van der Waals surface area contributed by atoms with Crippen LogP contribution in [0, 0.1) is 6.92 Å². The lowest BCUT2D eigenvalue weighted by Gasteiger charge is -2.03. The summed E-state index contributed by atoms with van der Waals surface area (Å²) >= 11 is 1.84. The van der Waals surface area contributed by atoms with Crippen LogP contribution in [0.4, 0.5) is 0 Å². The number of aryl methyl sites for hydroxylation is 1. The third-order valence-corrected chi connectivity index (χ3v) is 6.19. The highest BCUT2D eigenvalue weighted by Crippen LogP contribution is 2.31. The number of fused-ring (bicyclic) bond motifs is 1. The monoisotopic (exact) mass is 378 g/mol. The Morgan fingerprint density at radius 3 is 2.07 bits per heavy atom. The van der Waals surface area contributed by atoms with E-state index in [9.17, 15) is 0 Å². The molecule has 0 N–H and O–H groups in total. The van der Waals surface area contributed by atoms with Gasteiger partial charge in [0.05, 0.1) is 5.56 Å². The van der Waals surface area contributed by atoms with Crippen molar-refractivity contribution in [2.24, 2.45) is 0 Å². The number of benzene rings is 4. The third kappa shape index (κ3) is 3.02. The second-order valence-corrected chi connectivity index (χ2v) is 8.02. The number of nitrogens with zero attached hydrogens (tertiary/aromatic N) is 1. The number of aromatic nitrogens is 1. The highest BCUT2D eigenvalue weighted by atomic mass is 32.1. The van der Waals surface area contributed by atoms with Crippen molar-refractivity contribution in [3.05, 3.63) is 109 Å². The smallest absolute Gasteiger partial charge is 0.143 e. The van der Waals surface area contributed by atoms with Crippen LogP contribution >= 0.6 is 11.3 Å². The molecule has 0 spiro atoms. The lowest BCUT2D eigenvalue weighted by Crippen LogP contribution is -2.31. The normalized spacial score (nSPS) is 11.0. The highest BCUT2D eigenvalue weighted by Gasteiger charge is 2.24. The largest absolute Gasteiger partial charge is 0.275 e. The van der Waals surface area contributed by atoms with E-state index in [-0.39, 0.29) is 0 Å². The lowest BCUT2D eigenvalue weighted by molar-refractivity contribution is -0.550. The van der Waals surface area contributed by atoms with E-state index in [2.05, 4.69) is 115 Å². The first kappa shape index (κ1) is 16.9. The number of hydrogen-bond donors (Lipinski definition) is 0. The molecule has 28 heavy (non-hydrogen) atoms. The maximum absolute atomic E-state index is 2.38. The molecule has 5 rings (SSSR count). The van der Waals surface area contributed by atoms with E-state index in [0.29, 0.717) is 0 Å². The molecular formula is C26H20NS+. The summed E-state index contributed by atoms with van der Waals surface area (Å²) in [5, 5.41) is 1.26. The Hall–Kier alpha value is -3.23. The molecule has 134 valence electrons. The van der Waals surface area contributed by atoms with Gasteiger partial charge in [0.1, 0.15) is 4.70 Å². The summed E-state index contributed by atoms with van der Waals surface area (Å²) in [5.74, 6) is 0. The lowest BCUT2D eigenvalue weighted by atomic mass is 10.1. The van der Waals surface area contributed by atoms with Crippen molar-refractivity contribution < 1.29 is 4.57 Å². The summed E-state index contributed by atoms with van der Waals surface area (Å²) in [4.78, 5) is 0. The first-order valence-corrected chi connectivity index (χ1v) is 10.3. The third-order valence-electron chi connectivity index (χ3n) is 5.01. The van der Waals surface area contributed by atoms with Crippen LogP contribution in [0.15, 0.2) is 103 Å². The zero-order valence-electron chi connectivity index (χ0n) is 15.7. The Balaban J connectivity index is 1.69. The van der Waals surface area contributed by atoms with Gasteiger partial charge < -0.3 is 0 Å². The maximum atomic E-state index is 2.38. The summed E-state index contributed by atoms with van der Waals surface area (Å²) in [5.41, 5.74) is 7.45. The van der Waals surface area contributed by atoms with Gasteiger partial charge in [-0.25, -0.2) is 0 Å². The van der Waals surface area contributed by atoms with Crippen molar-refractivity contribution in [2.45, 2.75) is 6.92 Å². The van der Waals surface area contributed by atoms with E-state index in [1.165, 1.54) is 43.2 Å². The topological polar surface area (TPSA) is 3.88 Å². The molecule has 1 nitrogen and oxygen atoms in total. The molecule has 0 amide bonds. The Labute approximate surface area is 169 Å². The first-order chi connectivity index (χ1) is 13.8. The number of thiazole rings is 1. The van der Waals surface area contributed by atoms with E-state index in [1.54, 1.807) is 0 Å². The summed E-state index contributed by atoms with van der Waals surface area (Å²) < 4.78 is 3.68. The molecule has 0 aliphatic carbocycles. The fraction of sp³-hybridized carbons (Fsp3) is 0.0385. The predicted octanol–water partition coefficient (Wildman–Crippen LogP) is 6.82. The van der Waals surface area contributed by atoms with Crippen LogP contribution in [0.2, 0.25) is 0 Å². The number of hydrogen-bond acceptors (Lipinski definition) is 1. The molecule has 4 aromatic carbocycles. The van der Waals surface area contributed by atoms with E-state index >= 15 is 0 Å². The van der Waals surface area contributed by atoms with Gasteiger partial charge in [0.2, 0.25) is 11.2 Å². The van der Waals surface area contributed by atoms with Gasteiger partial charge in [-0.05, 0) is 48.4 Å². The molecule has 5 aromatic rings. The molecule has 1 aromatic heterocycles. The maximum Gasteiger partial charge on any atom is 0.275 e. The first-order valence-electron chi connectivity index (χ1n) is 9.46. The van der Waals surface area contributed by atoms with Gasteiger partial charge in [0.25, 0.3) is 5.01 Å². The minimum Gasteiger partial charge on any atom is -0.143 e. The molecular weight excluding hydrogens is 358 g/mol. The molecule has 0 unspecified atom stereocenters. The average molecular weight is 379 g/mol. The van der Waals surface area contributed by atoms with Crippen LogP contribution in [0.5, 0.6) is 0 Å². The van der Waals surface area contributed by atoms with Crippen LogP contribution < -0.4 is 4.57 Å². The Bertz CT molecular complexity index is 1250. The van der Waals surface area contributed by atoms with Crippen LogP contribution in [0.3, 0.4) is 0 Å². The second kappa shape index (κ2) is 7.06. The van der Waals surface area contributed by atoms with Crippen molar-refractivity contribution in [2.75, 3.05) is 0 Å². The standard InChI is InChI=1S/C26H20NS/c1-19-8-7-11-22(18-19)26-27(24-12-5-6-13-25(24)28-26)23-16-14-21(15-17-23)20-9-3-2-4-10-20/h2-18H,1H3/q+1. The Morgan fingerprint density at radius 2 is 1.29 bits per heavy atom. The molecule has 0 atom stereocenters. The molecule has 0 radical (unpaired) electrons. The van der Waals surface area contributed by atoms with Crippen molar-refractivity contribution in [1.29, 1.82) is 0 Å². The molecule has 0 saturated heterocycles. The van der Waals surface area contributed by atoms with Gasteiger partial charge in [-0.1, -0.05) is 71.5 Å². The molecule has 1 heterocycles. The zero-order chi connectivity index (χ0) is 18.9. The molecule has 0 aliphatic rings. The van der Waals surface area contributed by atoms with Gasteiger partial charge in [-0.15, -0.1) is 4.57 Å². The van der Waals surface area contributed by atoms with E-state index in [0.717, 1.165) is 0 Å². The van der Waals surface area contributed by atoms with Crippen molar-refractivity contribution in [1.82, 2.24) is 0 Å². The van der Waals surface area contributed by atoms with Gasteiger partial charge in [0, 0.05) is 18.2 Å². The molecule has 0 aliphatic heterocycles. The van der Waals surface area contributed by atoms with E-state index in [4.69, 9.17) is 0 Å². The van der Waals surface area contributed by atoms with Crippen LogP contribution in [0.1, 0.15) is 5.56 Å². The molecule has 2 heteroatoms. The van der Waals surface area contributed by atoms with E-state index < -0.39 is 0 Å². The summed E-state index contributed by atoms with van der Waals surface area (Å²) in [6.07, 6.45) is 0. The molecule has 0 saturated carbocycles. The SMILES string of the molecule is Cc1cccc(-c2sc3ccccc3[n+]2-c2ccc(-c3ccccc3)cc2)c1. The summed E-state index contributed by atoms with van der Waals surface area (Å²) in [7, 11) is 0. The minimum atomic E-state index is 1.19. The fourth-order valence-electron chi connectivity index (χ4n) is 3.64. The summed E-state index contributed by atoms with van der Waals surface area (Å²) in [6, 6.07) is 36.8. The fourth-order valence-corrected chi connectivity index (χ4v) is 4.80. The highest BCUT2D eigenvalue weighted by molar-refractivity contribution is 7.21. The number of para-hydroxylation sites is 1. The van der Waals surface area contributed by atoms with E-state index in [1.807, 2.05) is 11.3 Å². The molecule has 0 fully saturated rings. The van der Waals surface area contributed by atoms with Gasteiger partial charge in [-0.2, -0.15) is 0 Å². The van der Waals surface area contributed by atoms with Crippen LogP contribution in [-0.2, 0) is 0 Å².